The van der Waals surface area contributed by atoms with Crippen LogP contribution in [0.25, 0.3) is 0 Å². The smallest absolute Gasteiger partial charge is 0.242 e. The van der Waals surface area contributed by atoms with Crippen LogP contribution in [0.4, 0.5) is 5.69 Å². The van der Waals surface area contributed by atoms with Crippen molar-refractivity contribution < 1.29 is 13.2 Å². The molecule has 0 aliphatic carbocycles. The fraction of sp³-hybridized carbons (Fsp3) is 0.364. The van der Waals surface area contributed by atoms with Crippen molar-refractivity contribution in [3.05, 3.63) is 24.3 Å². The number of rotatable bonds is 4. The van der Waals surface area contributed by atoms with Crippen LogP contribution in [0.1, 0.15) is 12.8 Å². The average molecular weight is 269 g/mol. The first-order valence-corrected chi connectivity index (χ1v) is 7.11. The molecule has 0 spiro atoms. The van der Waals surface area contributed by atoms with E-state index >= 15 is 0 Å². The molecule has 1 aliphatic heterocycles. The molecule has 0 aromatic heterocycles. The zero-order valence-corrected chi connectivity index (χ0v) is 10.5. The van der Waals surface area contributed by atoms with Crippen LogP contribution in [-0.2, 0) is 14.8 Å². The van der Waals surface area contributed by atoms with Gasteiger partial charge >= 0.3 is 0 Å². The van der Waals surface area contributed by atoms with E-state index in [1.165, 1.54) is 12.1 Å². The molecular formula is C11H15N3O3S. The maximum absolute atomic E-state index is 12.0. The van der Waals surface area contributed by atoms with Crippen LogP contribution >= 0.6 is 0 Å². The van der Waals surface area contributed by atoms with E-state index in [1.54, 1.807) is 12.1 Å². The van der Waals surface area contributed by atoms with Crippen LogP contribution in [0.3, 0.4) is 0 Å². The van der Waals surface area contributed by atoms with Crippen molar-refractivity contribution in [2.45, 2.75) is 23.8 Å². The van der Waals surface area contributed by atoms with E-state index in [9.17, 15) is 13.2 Å². The van der Waals surface area contributed by atoms with E-state index in [0.29, 0.717) is 12.8 Å². The molecule has 98 valence electrons. The number of hydrogen-bond donors (Lipinski definition) is 3. The summed E-state index contributed by atoms with van der Waals surface area (Å²) in [6.45, 7) is 0.183. The number of carbonyl (C=O) groups is 1. The van der Waals surface area contributed by atoms with Crippen LogP contribution in [-0.4, -0.2) is 26.9 Å². The van der Waals surface area contributed by atoms with Gasteiger partial charge in [-0.25, -0.2) is 13.1 Å². The van der Waals surface area contributed by atoms with E-state index in [1.807, 2.05) is 0 Å². The van der Waals surface area contributed by atoms with Gasteiger partial charge in [0.2, 0.25) is 15.9 Å². The zero-order valence-electron chi connectivity index (χ0n) is 9.72. The molecule has 1 heterocycles. The molecule has 6 nitrogen and oxygen atoms in total. The molecular weight excluding hydrogens is 254 g/mol. The number of nitrogens with two attached hydrogens (primary N) is 1. The molecule has 0 saturated carbocycles. The van der Waals surface area contributed by atoms with E-state index in [0.717, 1.165) is 0 Å². The van der Waals surface area contributed by atoms with Crippen molar-refractivity contribution in [1.29, 1.82) is 0 Å². The summed E-state index contributed by atoms with van der Waals surface area (Å²) in [7, 11) is -3.62. The minimum Gasteiger partial charge on any atom is -0.398 e. The Labute approximate surface area is 106 Å². The number of amides is 1. The van der Waals surface area contributed by atoms with Gasteiger partial charge in [0.1, 0.15) is 4.90 Å². The third kappa shape index (κ3) is 2.80. The second-order valence-corrected chi connectivity index (χ2v) is 5.93. The Kier molecular flexibility index (Phi) is 3.53. The first-order chi connectivity index (χ1) is 8.49. The lowest BCUT2D eigenvalue weighted by Gasteiger charge is -2.12. The molecule has 2 rings (SSSR count). The molecule has 0 radical (unpaired) electrons. The molecule has 18 heavy (non-hydrogen) atoms. The summed E-state index contributed by atoms with van der Waals surface area (Å²) in [4.78, 5) is 11.1. The molecule has 1 atom stereocenters. The van der Waals surface area contributed by atoms with E-state index in [-0.39, 0.29) is 29.1 Å². The van der Waals surface area contributed by atoms with Gasteiger partial charge in [-0.15, -0.1) is 0 Å². The van der Waals surface area contributed by atoms with Crippen molar-refractivity contribution in [2.75, 3.05) is 12.3 Å². The number of benzene rings is 1. The van der Waals surface area contributed by atoms with E-state index in [2.05, 4.69) is 10.0 Å². The van der Waals surface area contributed by atoms with Crippen LogP contribution in [0, 0.1) is 0 Å². The van der Waals surface area contributed by atoms with Gasteiger partial charge in [0.25, 0.3) is 0 Å². The Morgan fingerprint density at radius 1 is 1.39 bits per heavy atom. The minimum absolute atomic E-state index is 0.0431. The van der Waals surface area contributed by atoms with Gasteiger partial charge in [0, 0.05) is 19.0 Å². The second-order valence-electron chi connectivity index (χ2n) is 4.19. The monoisotopic (exact) mass is 269 g/mol. The lowest BCUT2D eigenvalue weighted by molar-refractivity contribution is -0.119. The fourth-order valence-electron chi connectivity index (χ4n) is 1.84. The van der Waals surface area contributed by atoms with E-state index < -0.39 is 10.0 Å². The van der Waals surface area contributed by atoms with Crippen molar-refractivity contribution in [1.82, 2.24) is 10.0 Å². The van der Waals surface area contributed by atoms with Gasteiger partial charge in [0.05, 0.1) is 5.69 Å². The minimum atomic E-state index is -3.62. The number of nitrogens with one attached hydrogen (secondary N) is 2. The molecule has 1 aromatic rings. The highest BCUT2D eigenvalue weighted by molar-refractivity contribution is 7.89. The first kappa shape index (κ1) is 12.8. The molecule has 1 saturated heterocycles. The lowest BCUT2D eigenvalue weighted by atomic mass is 10.2. The quantitative estimate of drug-likeness (QED) is 0.660. The summed E-state index contributed by atoms with van der Waals surface area (Å²) in [6, 6.07) is 6.13. The van der Waals surface area contributed by atoms with Gasteiger partial charge in [0.15, 0.2) is 0 Å². The molecule has 1 aromatic carbocycles. The predicted octanol–water partition coefficient (Wildman–Crippen LogP) is -0.174. The van der Waals surface area contributed by atoms with Crippen molar-refractivity contribution >= 4 is 21.6 Å². The second kappa shape index (κ2) is 4.95. The lowest BCUT2D eigenvalue weighted by Crippen LogP contribution is -2.38. The molecule has 7 heteroatoms. The number of carbonyl (C=O) groups excluding carboxylic acids is 1. The van der Waals surface area contributed by atoms with Gasteiger partial charge in [-0.2, -0.15) is 0 Å². The normalized spacial score (nSPS) is 19.8. The van der Waals surface area contributed by atoms with Crippen LogP contribution in [0.2, 0.25) is 0 Å². The first-order valence-electron chi connectivity index (χ1n) is 5.62. The van der Waals surface area contributed by atoms with Crippen molar-refractivity contribution in [3.8, 4) is 0 Å². The fourth-order valence-corrected chi connectivity index (χ4v) is 3.06. The van der Waals surface area contributed by atoms with E-state index in [4.69, 9.17) is 5.73 Å². The molecule has 4 N–H and O–H groups in total. The topological polar surface area (TPSA) is 101 Å². The summed E-state index contributed by atoms with van der Waals surface area (Å²) in [5, 5.41) is 2.70. The van der Waals surface area contributed by atoms with Crippen LogP contribution in [0.5, 0.6) is 0 Å². The number of sulfonamides is 1. The Bertz CT molecular complexity index is 556. The number of para-hydroxylation sites is 1. The highest BCUT2D eigenvalue weighted by atomic mass is 32.2. The third-order valence-corrected chi connectivity index (χ3v) is 4.31. The Balaban J connectivity index is 2.04. The van der Waals surface area contributed by atoms with Crippen molar-refractivity contribution in [2.24, 2.45) is 0 Å². The van der Waals surface area contributed by atoms with Gasteiger partial charge < -0.3 is 11.1 Å². The Hall–Kier alpha value is -1.60. The summed E-state index contributed by atoms with van der Waals surface area (Å²) in [5.41, 5.74) is 5.83. The molecule has 1 amide bonds. The summed E-state index contributed by atoms with van der Waals surface area (Å²) in [6.07, 6.45) is 1.09. The SMILES string of the molecule is Nc1ccccc1S(=O)(=O)NCC1CCC(=O)N1. The largest absolute Gasteiger partial charge is 0.398 e. The van der Waals surface area contributed by atoms with Gasteiger partial charge in [-0.1, -0.05) is 12.1 Å². The summed E-state index contributed by atoms with van der Waals surface area (Å²) in [5.74, 6) is -0.0431. The number of nitrogen functional groups attached to an aromatic ring is 1. The number of anilines is 1. The number of hydrogen-bond acceptors (Lipinski definition) is 4. The Morgan fingerprint density at radius 3 is 2.72 bits per heavy atom. The molecule has 1 fully saturated rings. The predicted molar refractivity (Wildman–Crippen MR) is 67.2 cm³/mol. The maximum atomic E-state index is 12.0. The molecule has 1 aliphatic rings. The molecule has 0 bridgehead atoms. The third-order valence-electron chi connectivity index (χ3n) is 2.81. The van der Waals surface area contributed by atoms with Gasteiger partial charge in [-0.3, -0.25) is 4.79 Å². The van der Waals surface area contributed by atoms with Crippen molar-refractivity contribution in [3.63, 3.8) is 0 Å². The summed E-state index contributed by atoms with van der Waals surface area (Å²) >= 11 is 0. The summed E-state index contributed by atoms with van der Waals surface area (Å²) < 4.78 is 26.4. The van der Waals surface area contributed by atoms with Crippen LogP contribution in [0.15, 0.2) is 29.2 Å². The average Bonchev–Trinajstić information content (AvgIpc) is 2.73. The maximum Gasteiger partial charge on any atom is 0.242 e. The molecule has 1 unspecified atom stereocenters. The standard InChI is InChI=1S/C11H15N3O3S/c12-9-3-1-2-4-10(9)18(16,17)13-7-8-5-6-11(15)14-8/h1-4,8,13H,5-7,12H2,(H,14,15). The zero-order chi connectivity index (χ0) is 13.2. The highest BCUT2D eigenvalue weighted by Crippen LogP contribution is 2.17. The highest BCUT2D eigenvalue weighted by Gasteiger charge is 2.23. The Morgan fingerprint density at radius 2 is 2.11 bits per heavy atom. The van der Waals surface area contributed by atoms with Crippen LogP contribution < -0.4 is 15.8 Å². The van der Waals surface area contributed by atoms with Gasteiger partial charge in [-0.05, 0) is 18.6 Å².